The van der Waals surface area contributed by atoms with Crippen molar-refractivity contribution in [1.82, 2.24) is 4.90 Å². The summed E-state index contributed by atoms with van der Waals surface area (Å²) >= 11 is 0. The number of ether oxygens (including phenoxy) is 2. The van der Waals surface area contributed by atoms with Gasteiger partial charge >= 0.3 is 5.97 Å². The molecular weight excluding hydrogens is 402 g/mol. The van der Waals surface area contributed by atoms with Gasteiger partial charge in [0.1, 0.15) is 18.1 Å². The molecule has 2 atom stereocenters. The molecular formula is C27H29NO4. The molecule has 5 nitrogen and oxygen atoms in total. The first-order valence-electron chi connectivity index (χ1n) is 11.0. The molecule has 0 aliphatic carbocycles. The van der Waals surface area contributed by atoms with Crippen LogP contribution >= 0.6 is 0 Å². The van der Waals surface area contributed by atoms with Crippen molar-refractivity contribution in [3.05, 3.63) is 95.6 Å². The molecule has 1 saturated heterocycles. The molecule has 0 saturated carbocycles. The van der Waals surface area contributed by atoms with E-state index < -0.39 is 5.97 Å². The SMILES string of the molecule is COc1cccc(C(c2cccc(OCc3ccccc3)c2)N2CCCC(C(=O)O)C2)c1. The molecule has 1 aliphatic rings. The fourth-order valence-corrected chi connectivity index (χ4v) is 4.38. The predicted molar refractivity (Wildman–Crippen MR) is 124 cm³/mol. The molecule has 166 valence electrons. The van der Waals surface area contributed by atoms with Gasteiger partial charge in [0, 0.05) is 6.54 Å². The van der Waals surface area contributed by atoms with Gasteiger partial charge in [0.2, 0.25) is 0 Å². The monoisotopic (exact) mass is 431 g/mol. The number of piperidine rings is 1. The van der Waals surface area contributed by atoms with E-state index in [0.29, 0.717) is 13.2 Å². The number of carboxylic acid groups (broad SMARTS) is 1. The molecule has 0 radical (unpaired) electrons. The Morgan fingerprint density at radius 1 is 1.00 bits per heavy atom. The number of nitrogens with zero attached hydrogens (tertiary/aromatic N) is 1. The molecule has 0 amide bonds. The largest absolute Gasteiger partial charge is 0.497 e. The summed E-state index contributed by atoms with van der Waals surface area (Å²) in [6.45, 7) is 1.87. The van der Waals surface area contributed by atoms with Crippen LogP contribution in [-0.4, -0.2) is 36.2 Å². The minimum absolute atomic E-state index is 0.0764. The zero-order valence-electron chi connectivity index (χ0n) is 18.3. The van der Waals surface area contributed by atoms with Crippen LogP contribution in [0.3, 0.4) is 0 Å². The summed E-state index contributed by atoms with van der Waals surface area (Å²) in [7, 11) is 1.66. The van der Waals surface area contributed by atoms with Gasteiger partial charge in [0.05, 0.1) is 19.1 Å². The second kappa shape index (κ2) is 10.3. The fraction of sp³-hybridized carbons (Fsp3) is 0.296. The molecule has 32 heavy (non-hydrogen) atoms. The molecule has 4 rings (SSSR count). The van der Waals surface area contributed by atoms with E-state index in [2.05, 4.69) is 23.1 Å². The number of hydrogen-bond acceptors (Lipinski definition) is 4. The lowest BCUT2D eigenvalue weighted by Crippen LogP contribution is -2.41. The van der Waals surface area contributed by atoms with E-state index in [1.165, 1.54) is 0 Å². The van der Waals surface area contributed by atoms with Crippen molar-refractivity contribution < 1.29 is 19.4 Å². The third kappa shape index (κ3) is 5.29. The molecule has 5 heteroatoms. The molecule has 2 unspecified atom stereocenters. The van der Waals surface area contributed by atoms with Crippen molar-refractivity contribution in [2.45, 2.75) is 25.5 Å². The lowest BCUT2D eigenvalue weighted by molar-refractivity contribution is -0.143. The summed E-state index contributed by atoms with van der Waals surface area (Å²) in [4.78, 5) is 14.0. The maximum atomic E-state index is 11.7. The Bertz CT molecular complexity index is 1040. The van der Waals surface area contributed by atoms with Crippen molar-refractivity contribution >= 4 is 5.97 Å². The van der Waals surface area contributed by atoms with E-state index in [0.717, 1.165) is 47.6 Å². The summed E-state index contributed by atoms with van der Waals surface area (Å²) in [6, 6.07) is 26.2. The van der Waals surface area contributed by atoms with Gasteiger partial charge in [-0.15, -0.1) is 0 Å². The Labute approximate surface area is 189 Å². The van der Waals surface area contributed by atoms with Gasteiger partial charge in [0.15, 0.2) is 0 Å². The second-order valence-electron chi connectivity index (χ2n) is 8.20. The van der Waals surface area contributed by atoms with Crippen LogP contribution in [0, 0.1) is 5.92 Å². The van der Waals surface area contributed by atoms with E-state index in [4.69, 9.17) is 9.47 Å². The van der Waals surface area contributed by atoms with Crippen LogP contribution in [0.1, 0.15) is 35.6 Å². The Kier molecular flexibility index (Phi) is 7.07. The molecule has 1 N–H and O–H groups in total. The third-order valence-corrected chi connectivity index (χ3v) is 6.00. The summed E-state index contributed by atoms with van der Waals surface area (Å²) in [6.07, 6.45) is 1.58. The maximum Gasteiger partial charge on any atom is 0.307 e. The van der Waals surface area contributed by atoms with Crippen LogP contribution in [0.5, 0.6) is 11.5 Å². The molecule has 1 fully saturated rings. The van der Waals surface area contributed by atoms with Gasteiger partial charge in [-0.25, -0.2) is 0 Å². The van der Waals surface area contributed by atoms with E-state index >= 15 is 0 Å². The lowest BCUT2D eigenvalue weighted by atomic mass is 9.91. The quantitative estimate of drug-likeness (QED) is 0.534. The van der Waals surface area contributed by atoms with Crippen molar-refractivity contribution in [2.75, 3.05) is 20.2 Å². The highest BCUT2D eigenvalue weighted by atomic mass is 16.5. The summed E-state index contributed by atoms with van der Waals surface area (Å²) in [5.41, 5.74) is 3.27. The van der Waals surface area contributed by atoms with Gasteiger partial charge in [0.25, 0.3) is 0 Å². The topological polar surface area (TPSA) is 59.0 Å². The van der Waals surface area contributed by atoms with Crippen LogP contribution in [0.4, 0.5) is 0 Å². The molecule has 1 heterocycles. The lowest BCUT2D eigenvalue weighted by Gasteiger charge is -2.37. The van der Waals surface area contributed by atoms with Crippen LogP contribution in [0.15, 0.2) is 78.9 Å². The molecule has 0 aromatic heterocycles. The first-order chi connectivity index (χ1) is 15.6. The number of aliphatic carboxylic acids is 1. The number of methoxy groups -OCH3 is 1. The highest BCUT2D eigenvalue weighted by Gasteiger charge is 2.31. The number of likely N-dealkylation sites (tertiary alicyclic amines) is 1. The maximum absolute atomic E-state index is 11.7. The number of rotatable bonds is 8. The normalized spacial score (nSPS) is 17.5. The van der Waals surface area contributed by atoms with Crippen LogP contribution < -0.4 is 9.47 Å². The highest BCUT2D eigenvalue weighted by Crippen LogP contribution is 2.35. The van der Waals surface area contributed by atoms with E-state index in [9.17, 15) is 9.90 Å². The highest BCUT2D eigenvalue weighted by molar-refractivity contribution is 5.70. The van der Waals surface area contributed by atoms with Gasteiger partial charge < -0.3 is 14.6 Å². The van der Waals surface area contributed by atoms with Gasteiger partial charge in [-0.1, -0.05) is 54.6 Å². The van der Waals surface area contributed by atoms with Crippen LogP contribution in [0.2, 0.25) is 0 Å². The molecule has 3 aromatic rings. The average molecular weight is 432 g/mol. The zero-order chi connectivity index (χ0) is 22.3. The first kappa shape index (κ1) is 21.9. The standard InChI is InChI=1S/C27H29NO4/c1-31-24-13-5-10-21(16-24)26(28-15-7-12-23(18-28)27(29)30)22-11-6-14-25(17-22)32-19-20-8-3-2-4-9-20/h2-6,8-11,13-14,16-17,23,26H,7,12,15,18-19H2,1H3,(H,29,30). The zero-order valence-corrected chi connectivity index (χ0v) is 18.3. The summed E-state index contributed by atoms with van der Waals surface area (Å²) in [5.74, 6) is 0.509. The van der Waals surface area contributed by atoms with Crippen molar-refractivity contribution in [2.24, 2.45) is 5.92 Å². The van der Waals surface area contributed by atoms with E-state index in [1.54, 1.807) is 7.11 Å². The number of benzene rings is 3. The Morgan fingerprint density at radius 2 is 1.69 bits per heavy atom. The third-order valence-electron chi connectivity index (χ3n) is 6.00. The number of hydrogen-bond donors (Lipinski definition) is 1. The van der Waals surface area contributed by atoms with E-state index in [-0.39, 0.29) is 12.0 Å². The van der Waals surface area contributed by atoms with E-state index in [1.807, 2.05) is 60.7 Å². The smallest absolute Gasteiger partial charge is 0.307 e. The van der Waals surface area contributed by atoms with Crippen LogP contribution in [0.25, 0.3) is 0 Å². The predicted octanol–water partition coefficient (Wildman–Crippen LogP) is 5.16. The Morgan fingerprint density at radius 3 is 2.38 bits per heavy atom. The van der Waals surface area contributed by atoms with Crippen molar-refractivity contribution in [3.8, 4) is 11.5 Å². The minimum Gasteiger partial charge on any atom is -0.497 e. The van der Waals surface area contributed by atoms with Crippen molar-refractivity contribution in [3.63, 3.8) is 0 Å². The van der Waals surface area contributed by atoms with Gasteiger partial charge in [-0.3, -0.25) is 9.69 Å². The average Bonchev–Trinajstić information content (AvgIpc) is 2.84. The summed E-state index contributed by atoms with van der Waals surface area (Å²) in [5, 5.41) is 9.62. The van der Waals surface area contributed by atoms with Gasteiger partial charge in [-0.2, -0.15) is 0 Å². The van der Waals surface area contributed by atoms with Crippen molar-refractivity contribution in [1.29, 1.82) is 0 Å². The molecule has 1 aliphatic heterocycles. The first-order valence-corrected chi connectivity index (χ1v) is 11.0. The molecule has 3 aromatic carbocycles. The molecule has 0 bridgehead atoms. The Hall–Kier alpha value is -3.31. The Balaban J connectivity index is 1.64. The second-order valence-corrected chi connectivity index (χ2v) is 8.20. The fourth-order valence-electron chi connectivity index (χ4n) is 4.38. The number of carboxylic acids is 1. The summed E-state index contributed by atoms with van der Waals surface area (Å²) < 4.78 is 11.5. The minimum atomic E-state index is -0.723. The van der Waals surface area contributed by atoms with Gasteiger partial charge in [-0.05, 0) is 60.3 Å². The number of carbonyl (C=O) groups is 1. The van der Waals surface area contributed by atoms with Crippen LogP contribution in [-0.2, 0) is 11.4 Å². The molecule has 0 spiro atoms.